The molecular weight excluding hydrogens is 344 g/mol. The molecule has 1 fully saturated rings. The van der Waals surface area contributed by atoms with E-state index in [0.717, 1.165) is 21.7 Å². The van der Waals surface area contributed by atoms with Gasteiger partial charge in [-0.1, -0.05) is 6.07 Å². The van der Waals surface area contributed by atoms with Crippen LogP contribution in [0, 0.1) is 13.8 Å². The summed E-state index contributed by atoms with van der Waals surface area (Å²) in [7, 11) is 0. The smallest absolute Gasteiger partial charge is 0.338 e. The largest absolute Gasteiger partial charge is 0.462 e. The molecular formula is C21H22N2O4. The van der Waals surface area contributed by atoms with Crippen LogP contribution in [0.5, 0.6) is 0 Å². The molecule has 0 bridgehead atoms. The molecule has 2 amide bonds. The molecule has 0 aromatic heterocycles. The van der Waals surface area contributed by atoms with Gasteiger partial charge in [0, 0.05) is 5.69 Å². The van der Waals surface area contributed by atoms with Crippen LogP contribution in [0.4, 0.5) is 11.4 Å². The lowest BCUT2D eigenvalue weighted by molar-refractivity contribution is -0.121. The van der Waals surface area contributed by atoms with Crippen molar-refractivity contribution in [1.82, 2.24) is 0 Å². The second-order valence-electron chi connectivity index (χ2n) is 6.61. The van der Waals surface area contributed by atoms with Crippen molar-refractivity contribution in [1.29, 1.82) is 0 Å². The van der Waals surface area contributed by atoms with Crippen molar-refractivity contribution in [3.05, 3.63) is 59.2 Å². The standard InChI is InChI=1S/C21H22N2O4/c1-4-27-21(26)15-5-7-17(8-6-15)23-19(24)12-18(20(23)25)22-16-10-13(2)9-14(3)11-16/h5-11,18,22H,4,12H2,1-3H3/t18-/m1/s1. The molecule has 0 saturated carbocycles. The Labute approximate surface area is 158 Å². The molecule has 0 aliphatic carbocycles. The van der Waals surface area contributed by atoms with Gasteiger partial charge >= 0.3 is 5.97 Å². The Morgan fingerprint density at radius 3 is 2.33 bits per heavy atom. The summed E-state index contributed by atoms with van der Waals surface area (Å²) in [5.74, 6) is -1.01. The number of carbonyl (C=O) groups excluding carboxylic acids is 3. The summed E-state index contributed by atoms with van der Waals surface area (Å²) in [5.41, 5.74) is 3.81. The number of anilines is 2. The lowest BCUT2D eigenvalue weighted by Gasteiger charge is -2.17. The van der Waals surface area contributed by atoms with Gasteiger partial charge in [-0.3, -0.25) is 9.59 Å². The van der Waals surface area contributed by atoms with Crippen LogP contribution < -0.4 is 10.2 Å². The van der Waals surface area contributed by atoms with Gasteiger partial charge in [0.2, 0.25) is 5.91 Å². The van der Waals surface area contributed by atoms with Crippen molar-refractivity contribution >= 4 is 29.2 Å². The van der Waals surface area contributed by atoms with Gasteiger partial charge in [0.15, 0.2) is 0 Å². The third kappa shape index (κ3) is 4.00. The van der Waals surface area contributed by atoms with Gasteiger partial charge in [-0.05, 0) is 68.3 Å². The van der Waals surface area contributed by atoms with Crippen LogP contribution in [-0.2, 0) is 14.3 Å². The van der Waals surface area contributed by atoms with E-state index in [1.165, 1.54) is 0 Å². The van der Waals surface area contributed by atoms with Gasteiger partial charge < -0.3 is 10.1 Å². The highest BCUT2D eigenvalue weighted by Gasteiger charge is 2.39. The van der Waals surface area contributed by atoms with E-state index in [9.17, 15) is 14.4 Å². The number of carbonyl (C=O) groups is 3. The van der Waals surface area contributed by atoms with E-state index in [0.29, 0.717) is 11.3 Å². The van der Waals surface area contributed by atoms with E-state index in [2.05, 4.69) is 5.32 Å². The lowest BCUT2D eigenvalue weighted by Crippen LogP contribution is -2.34. The molecule has 0 unspecified atom stereocenters. The van der Waals surface area contributed by atoms with Crippen LogP contribution in [0.25, 0.3) is 0 Å². The van der Waals surface area contributed by atoms with Crippen LogP contribution in [0.3, 0.4) is 0 Å². The SMILES string of the molecule is CCOC(=O)c1ccc(N2C(=O)C[C@@H](Nc3cc(C)cc(C)c3)C2=O)cc1. The third-order valence-electron chi connectivity index (χ3n) is 4.35. The lowest BCUT2D eigenvalue weighted by atomic mass is 10.1. The van der Waals surface area contributed by atoms with E-state index in [4.69, 9.17) is 4.74 Å². The number of hydrogen-bond donors (Lipinski definition) is 1. The summed E-state index contributed by atoms with van der Waals surface area (Å²) in [6.45, 7) is 5.99. The molecule has 1 atom stereocenters. The Morgan fingerprint density at radius 1 is 1.11 bits per heavy atom. The number of rotatable bonds is 5. The van der Waals surface area contributed by atoms with Crippen molar-refractivity contribution in [3.8, 4) is 0 Å². The number of nitrogens with one attached hydrogen (secondary N) is 1. The highest BCUT2D eigenvalue weighted by molar-refractivity contribution is 6.23. The van der Waals surface area contributed by atoms with Crippen molar-refractivity contribution in [2.45, 2.75) is 33.2 Å². The first-order valence-electron chi connectivity index (χ1n) is 8.88. The second-order valence-corrected chi connectivity index (χ2v) is 6.61. The molecule has 1 N–H and O–H groups in total. The number of amides is 2. The number of hydrogen-bond acceptors (Lipinski definition) is 5. The van der Waals surface area contributed by atoms with E-state index < -0.39 is 12.0 Å². The Morgan fingerprint density at radius 2 is 1.74 bits per heavy atom. The number of benzene rings is 2. The average Bonchev–Trinajstić information content (AvgIpc) is 2.88. The predicted molar refractivity (Wildman–Crippen MR) is 103 cm³/mol. The molecule has 2 aromatic rings. The maximum Gasteiger partial charge on any atom is 0.338 e. The molecule has 0 spiro atoms. The minimum absolute atomic E-state index is 0.0887. The molecule has 1 saturated heterocycles. The van der Waals surface area contributed by atoms with Crippen molar-refractivity contribution in [3.63, 3.8) is 0 Å². The van der Waals surface area contributed by atoms with Gasteiger partial charge in [-0.2, -0.15) is 0 Å². The Hall–Kier alpha value is -3.15. The fourth-order valence-electron chi connectivity index (χ4n) is 3.24. The fourth-order valence-corrected chi connectivity index (χ4v) is 3.24. The van der Waals surface area contributed by atoms with Gasteiger partial charge in [0.25, 0.3) is 5.91 Å². The highest BCUT2D eigenvalue weighted by Crippen LogP contribution is 2.26. The number of esters is 1. The molecule has 3 rings (SSSR count). The van der Waals surface area contributed by atoms with E-state index in [1.807, 2.05) is 32.0 Å². The summed E-state index contributed by atoms with van der Waals surface area (Å²) in [4.78, 5) is 38.1. The maximum atomic E-state index is 12.8. The quantitative estimate of drug-likeness (QED) is 0.649. The first-order chi connectivity index (χ1) is 12.9. The Kier molecular flexibility index (Phi) is 5.26. The van der Waals surface area contributed by atoms with Crippen molar-refractivity contribution in [2.75, 3.05) is 16.8 Å². The minimum atomic E-state index is -0.608. The summed E-state index contributed by atoms with van der Waals surface area (Å²) in [6.07, 6.45) is 0.0887. The zero-order valence-corrected chi connectivity index (χ0v) is 15.6. The maximum absolute atomic E-state index is 12.8. The molecule has 6 heteroatoms. The van der Waals surface area contributed by atoms with Crippen LogP contribution in [0.2, 0.25) is 0 Å². The van der Waals surface area contributed by atoms with Gasteiger partial charge in [-0.15, -0.1) is 0 Å². The van der Waals surface area contributed by atoms with Gasteiger partial charge in [0.1, 0.15) is 6.04 Å². The monoisotopic (exact) mass is 366 g/mol. The topological polar surface area (TPSA) is 75.7 Å². The van der Waals surface area contributed by atoms with E-state index in [-0.39, 0.29) is 24.8 Å². The zero-order valence-electron chi connectivity index (χ0n) is 15.6. The summed E-state index contributed by atoms with van der Waals surface area (Å²) < 4.78 is 4.94. The average molecular weight is 366 g/mol. The number of ether oxygens (including phenoxy) is 1. The predicted octanol–water partition coefficient (Wildman–Crippen LogP) is 3.22. The molecule has 1 aliphatic rings. The van der Waals surface area contributed by atoms with Crippen LogP contribution in [0.15, 0.2) is 42.5 Å². The van der Waals surface area contributed by atoms with Crippen molar-refractivity contribution in [2.24, 2.45) is 0 Å². The summed E-state index contributed by atoms with van der Waals surface area (Å²) >= 11 is 0. The minimum Gasteiger partial charge on any atom is -0.462 e. The fraction of sp³-hybridized carbons (Fsp3) is 0.286. The molecule has 6 nitrogen and oxygen atoms in total. The first-order valence-corrected chi connectivity index (χ1v) is 8.88. The van der Waals surface area contributed by atoms with E-state index in [1.54, 1.807) is 31.2 Å². The van der Waals surface area contributed by atoms with Crippen LogP contribution in [0.1, 0.15) is 34.8 Å². The number of nitrogens with zero attached hydrogens (tertiary/aromatic N) is 1. The normalized spacial score (nSPS) is 16.6. The first kappa shape index (κ1) is 18.6. The molecule has 0 radical (unpaired) electrons. The van der Waals surface area contributed by atoms with Crippen LogP contribution >= 0.6 is 0 Å². The highest BCUT2D eigenvalue weighted by atomic mass is 16.5. The van der Waals surface area contributed by atoms with Gasteiger partial charge in [0.05, 0.1) is 24.3 Å². The van der Waals surface area contributed by atoms with Gasteiger partial charge in [-0.25, -0.2) is 9.69 Å². The molecule has 140 valence electrons. The molecule has 1 heterocycles. The third-order valence-corrected chi connectivity index (χ3v) is 4.35. The second kappa shape index (κ2) is 7.61. The number of aryl methyl sites for hydroxylation is 2. The van der Waals surface area contributed by atoms with Crippen LogP contribution in [-0.4, -0.2) is 30.4 Å². The summed E-state index contributed by atoms with van der Waals surface area (Å²) in [6, 6.07) is 11.6. The summed E-state index contributed by atoms with van der Waals surface area (Å²) in [5, 5.41) is 3.16. The number of imide groups is 1. The molecule has 27 heavy (non-hydrogen) atoms. The Balaban J connectivity index is 1.76. The van der Waals surface area contributed by atoms with Crippen molar-refractivity contribution < 1.29 is 19.1 Å². The zero-order chi connectivity index (χ0) is 19.6. The Bertz CT molecular complexity index is 869. The molecule has 1 aliphatic heterocycles. The molecule has 2 aromatic carbocycles. The van der Waals surface area contributed by atoms with E-state index >= 15 is 0 Å².